The molecule has 0 unspecified atom stereocenters. The second-order valence-electron chi connectivity index (χ2n) is 5.91. The molecule has 0 aliphatic heterocycles. The molecular formula is C18H18N6S. The van der Waals surface area contributed by atoms with E-state index in [-0.39, 0.29) is 0 Å². The van der Waals surface area contributed by atoms with Crippen LogP contribution in [-0.4, -0.2) is 24.5 Å². The molecule has 1 aromatic carbocycles. The third-order valence-corrected chi connectivity index (χ3v) is 4.94. The molecule has 0 saturated carbocycles. The number of aryl methyl sites for hydroxylation is 3. The number of pyridine rings is 1. The van der Waals surface area contributed by atoms with Gasteiger partial charge in [0.2, 0.25) is 0 Å². The second kappa shape index (κ2) is 6.25. The molecule has 0 aliphatic carbocycles. The lowest BCUT2D eigenvalue weighted by Gasteiger charge is -2.08. The van der Waals surface area contributed by atoms with Crippen LogP contribution in [0, 0.1) is 13.8 Å². The first-order chi connectivity index (χ1) is 12.1. The fraction of sp³-hybridized carbons (Fsp3) is 0.167. The molecule has 0 bridgehead atoms. The number of fused-ring (bicyclic) bond motifs is 1. The summed E-state index contributed by atoms with van der Waals surface area (Å²) in [6, 6.07) is 10.1. The van der Waals surface area contributed by atoms with Crippen molar-refractivity contribution in [2.75, 3.05) is 4.72 Å². The summed E-state index contributed by atoms with van der Waals surface area (Å²) in [5, 5.41) is 9.89. The predicted molar refractivity (Wildman–Crippen MR) is 101 cm³/mol. The van der Waals surface area contributed by atoms with E-state index in [0.717, 1.165) is 38.6 Å². The van der Waals surface area contributed by atoms with Gasteiger partial charge in [-0.15, -0.1) is 0 Å². The topological polar surface area (TPSA) is 60.6 Å². The molecule has 0 radical (unpaired) electrons. The normalized spacial score (nSPS) is 11.2. The van der Waals surface area contributed by atoms with Crippen LogP contribution in [0.1, 0.15) is 11.3 Å². The highest BCUT2D eigenvalue weighted by Crippen LogP contribution is 2.27. The first-order valence-electron chi connectivity index (χ1n) is 7.95. The van der Waals surface area contributed by atoms with Gasteiger partial charge in [0.05, 0.1) is 23.1 Å². The Morgan fingerprint density at radius 3 is 2.68 bits per heavy atom. The predicted octanol–water partition coefficient (Wildman–Crippen LogP) is 3.89. The van der Waals surface area contributed by atoms with E-state index in [9.17, 15) is 0 Å². The number of benzene rings is 1. The summed E-state index contributed by atoms with van der Waals surface area (Å²) >= 11 is 1.53. The number of anilines is 1. The van der Waals surface area contributed by atoms with Gasteiger partial charge in [-0.25, -0.2) is 9.67 Å². The van der Waals surface area contributed by atoms with Crippen LogP contribution in [0.2, 0.25) is 0 Å². The Hall–Kier alpha value is -2.80. The smallest absolute Gasteiger partial charge is 0.153 e. The fourth-order valence-corrected chi connectivity index (χ4v) is 3.30. The zero-order valence-corrected chi connectivity index (χ0v) is 15.1. The molecule has 1 N–H and O–H groups in total. The average molecular weight is 350 g/mol. The van der Waals surface area contributed by atoms with Crippen LogP contribution in [0.3, 0.4) is 0 Å². The third-order valence-electron chi connectivity index (χ3n) is 4.14. The van der Waals surface area contributed by atoms with Crippen molar-refractivity contribution >= 4 is 28.5 Å². The zero-order chi connectivity index (χ0) is 17.4. The molecule has 4 rings (SSSR count). The molecular weight excluding hydrogens is 332 g/mol. The Labute approximate surface area is 150 Å². The van der Waals surface area contributed by atoms with Gasteiger partial charge in [0.15, 0.2) is 5.82 Å². The van der Waals surface area contributed by atoms with Crippen molar-refractivity contribution in [1.29, 1.82) is 0 Å². The van der Waals surface area contributed by atoms with Gasteiger partial charge in [-0.2, -0.15) is 10.2 Å². The van der Waals surface area contributed by atoms with Crippen molar-refractivity contribution in [3.05, 3.63) is 60.2 Å². The summed E-state index contributed by atoms with van der Waals surface area (Å²) in [7, 11) is 1.95. The number of nitrogens with one attached hydrogen (secondary N) is 1. The average Bonchev–Trinajstić information content (AvgIpc) is 3.17. The van der Waals surface area contributed by atoms with E-state index in [2.05, 4.69) is 26.0 Å². The zero-order valence-electron chi connectivity index (χ0n) is 14.3. The monoisotopic (exact) mass is 350 g/mol. The van der Waals surface area contributed by atoms with E-state index in [1.165, 1.54) is 11.9 Å². The largest absolute Gasteiger partial charge is 0.324 e. The van der Waals surface area contributed by atoms with Crippen LogP contribution in [0.25, 0.3) is 16.7 Å². The van der Waals surface area contributed by atoms with E-state index in [1.807, 2.05) is 73.1 Å². The van der Waals surface area contributed by atoms with Crippen molar-refractivity contribution in [3.8, 4) is 5.82 Å². The number of hydrogen-bond donors (Lipinski definition) is 1. The van der Waals surface area contributed by atoms with E-state index >= 15 is 0 Å². The van der Waals surface area contributed by atoms with Gasteiger partial charge in [0, 0.05) is 29.7 Å². The molecule has 0 aliphatic rings. The van der Waals surface area contributed by atoms with Crippen molar-refractivity contribution in [2.45, 2.75) is 18.7 Å². The van der Waals surface area contributed by atoms with Gasteiger partial charge in [-0.3, -0.25) is 4.68 Å². The Morgan fingerprint density at radius 2 is 1.96 bits per heavy atom. The third kappa shape index (κ3) is 2.98. The summed E-state index contributed by atoms with van der Waals surface area (Å²) in [6.07, 6.45) is 5.71. The summed E-state index contributed by atoms with van der Waals surface area (Å²) in [6.45, 7) is 4.05. The van der Waals surface area contributed by atoms with Crippen LogP contribution < -0.4 is 4.72 Å². The molecule has 126 valence electrons. The lowest BCUT2D eigenvalue weighted by Crippen LogP contribution is -1.98. The van der Waals surface area contributed by atoms with Crippen molar-refractivity contribution in [1.82, 2.24) is 24.5 Å². The van der Waals surface area contributed by atoms with E-state index in [1.54, 1.807) is 0 Å². The molecule has 3 heterocycles. The molecule has 4 aromatic rings. The molecule has 0 saturated heterocycles. The summed E-state index contributed by atoms with van der Waals surface area (Å²) < 4.78 is 7.08. The minimum Gasteiger partial charge on any atom is -0.324 e. The van der Waals surface area contributed by atoms with Gasteiger partial charge in [0.25, 0.3) is 0 Å². The molecule has 0 spiro atoms. The Morgan fingerprint density at radius 1 is 1.08 bits per heavy atom. The first-order valence-corrected chi connectivity index (χ1v) is 8.76. The van der Waals surface area contributed by atoms with Gasteiger partial charge in [0.1, 0.15) is 0 Å². The highest BCUT2D eigenvalue weighted by Gasteiger charge is 2.07. The summed E-state index contributed by atoms with van der Waals surface area (Å²) in [4.78, 5) is 5.54. The maximum absolute atomic E-state index is 4.51. The van der Waals surface area contributed by atoms with Gasteiger partial charge < -0.3 is 4.72 Å². The SMILES string of the molecule is Cc1cn(-c2ccc(SNc3cccc4cnn(C)c34)cn2)nc1C. The number of para-hydroxylation sites is 1. The van der Waals surface area contributed by atoms with Crippen molar-refractivity contribution < 1.29 is 0 Å². The van der Waals surface area contributed by atoms with E-state index in [4.69, 9.17) is 0 Å². The highest BCUT2D eigenvalue weighted by atomic mass is 32.2. The second-order valence-corrected chi connectivity index (χ2v) is 6.79. The maximum atomic E-state index is 4.51. The lowest BCUT2D eigenvalue weighted by molar-refractivity contribution is 0.798. The van der Waals surface area contributed by atoms with Crippen LogP contribution in [0.5, 0.6) is 0 Å². The van der Waals surface area contributed by atoms with Crippen LogP contribution in [0.15, 0.2) is 53.8 Å². The molecule has 0 atom stereocenters. The number of aromatic nitrogens is 5. The number of rotatable bonds is 4. The molecule has 6 nitrogen and oxygen atoms in total. The van der Waals surface area contributed by atoms with Crippen LogP contribution >= 0.6 is 11.9 Å². The van der Waals surface area contributed by atoms with E-state index < -0.39 is 0 Å². The maximum Gasteiger partial charge on any atom is 0.153 e. The first kappa shape index (κ1) is 15.7. The van der Waals surface area contributed by atoms with Gasteiger partial charge >= 0.3 is 0 Å². The van der Waals surface area contributed by atoms with Crippen LogP contribution in [-0.2, 0) is 7.05 Å². The van der Waals surface area contributed by atoms with Crippen molar-refractivity contribution in [3.63, 3.8) is 0 Å². The lowest BCUT2D eigenvalue weighted by atomic mass is 10.2. The molecule has 0 fully saturated rings. The minimum atomic E-state index is 0.814. The Balaban J connectivity index is 1.52. The highest BCUT2D eigenvalue weighted by molar-refractivity contribution is 8.00. The Bertz CT molecular complexity index is 1010. The fourth-order valence-electron chi connectivity index (χ4n) is 2.66. The quantitative estimate of drug-likeness (QED) is 0.566. The standard InChI is InChI=1S/C18H18N6S/c1-12-11-24(21-13(12)2)17-8-7-15(10-19-17)25-22-16-6-4-5-14-9-20-23(3)18(14)16/h4-11,22H,1-3H3. The summed E-state index contributed by atoms with van der Waals surface area (Å²) in [5.74, 6) is 0.814. The van der Waals surface area contributed by atoms with Gasteiger partial charge in [-0.1, -0.05) is 12.1 Å². The van der Waals surface area contributed by atoms with Gasteiger partial charge in [-0.05, 0) is 49.6 Å². The molecule has 0 amide bonds. The Kier molecular flexibility index (Phi) is 3.93. The molecule has 7 heteroatoms. The number of nitrogens with zero attached hydrogens (tertiary/aromatic N) is 5. The molecule has 25 heavy (non-hydrogen) atoms. The summed E-state index contributed by atoms with van der Waals surface area (Å²) in [5.41, 5.74) is 4.30. The van der Waals surface area contributed by atoms with E-state index in [0.29, 0.717) is 0 Å². The molecule has 3 aromatic heterocycles. The van der Waals surface area contributed by atoms with Crippen LogP contribution in [0.4, 0.5) is 5.69 Å². The minimum absolute atomic E-state index is 0.814. The van der Waals surface area contributed by atoms with Crippen molar-refractivity contribution in [2.24, 2.45) is 7.05 Å². The number of hydrogen-bond acceptors (Lipinski definition) is 5.